The van der Waals surface area contributed by atoms with Crippen molar-refractivity contribution in [1.29, 1.82) is 5.26 Å². The van der Waals surface area contributed by atoms with Crippen molar-refractivity contribution in [3.05, 3.63) is 53.6 Å². The standard InChI is InChI=1S/C18H15F3N2O3/c1-11(26-15-8-3-12(10-22)9-16(15)25-2)17(24)23-14-6-4-13(5-7-14)18(19,20)21/h3-9,11H,1-2H3,(H,23,24)/t11-/m1/s1. The fraction of sp³-hybridized carbons (Fsp3) is 0.222. The summed E-state index contributed by atoms with van der Waals surface area (Å²) >= 11 is 0. The molecular weight excluding hydrogens is 349 g/mol. The number of hydrogen-bond donors (Lipinski definition) is 1. The number of amides is 1. The Labute approximate surface area is 148 Å². The van der Waals surface area contributed by atoms with Crippen LogP contribution in [-0.4, -0.2) is 19.1 Å². The van der Waals surface area contributed by atoms with Crippen molar-refractivity contribution in [2.45, 2.75) is 19.2 Å². The van der Waals surface area contributed by atoms with E-state index >= 15 is 0 Å². The van der Waals surface area contributed by atoms with E-state index in [1.54, 1.807) is 0 Å². The number of nitriles is 1. The van der Waals surface area contributed by atoms with Crippen LogP contribution in [0.25, 0.3) is 0 Å². The number of hydrogen-bond acceptors (Lipinski definition) is 4. The number of methoxy groups -OCH3 is 1. The predicted molar refractivity (Wildman–Crippen MR) is 87.9 cm³/mol. The van der Waals surface area contributed by atoms with E-state index in [-0.39, 0.29) is 11.4 Å². The summed E-state index contributed by atoms with van der Waals surface area (Å²) in [7, 11) is 1.40. The summed E-state index contributed by atoms with van der Waals surface area (Å²) in [5.74, 6) is 0.0102. The molecule has 2 aromatic carbocycles. The van der Waals surface area contributed by atoms with Gasteiger partial charge in [-0.3, -0.25) is 4.79 Å². The van der Waals surface area contributed by atoms with Gasteiger partial charge in [-0.15, -0.1) is 0 Å². The van der Waals surface area contributed by atoms with Crippen molar-refractivity contribution in [3.63, 3.8) is 0 Å². The molecule has 8 heteroatoms. The summed E-state index contributed by atoms with van der Waals surface area (Å²) < 4.78 is 48.3. The molecule has 1 atom stereocenters. The molecule has 26 heavy (non-hydrogen) atoms. The smallest absolute Gasteiger partial charge is 0.416 e. The first-order valence-electron chi connectivity index (χ1n) is 7.47. The molecule has 0 aliphatic rings. The molecule has 0 bridgehead atoms. The van der Waals surface area contributed by atoms with E-state index in [9.17, 15) is 18.0 Å². The van der Waals surface area contributed by atoms with E-state index in [0.717, 1.165) is 24.3 Å². The first-order chi connectivity index (χ1) is 12.2. The maximum atomic E-state index is 12.5. The van der Waals surface area contributed by atoms with Crippen LogP contribution in [0.2, 0.25) is 0 Å². The number of benzene rings is 2. The molecule has 0 aromatic heterocycles. The highest BCUT2D eigenvalue weighted by molar-refractivity contribution is 5.94. The van der Waals surface area contributed by atoms with Crippen molar-refractivity contribution in [1.82, 2.24) is 0 Å². The van der Waals surface area contributed by atoms with Gasteiger partial charge in [0.2, 0.25) is 0 Å². The highest BCUT2D eigenvalue weighted by Crippen LogP contribution is 2.30. The lowest BCUT2D eigenvalue weighted by Gasteiger charge is -2.17. The minimum absolute atomic E-state index is 0.213. The molecule has 0 aliphatic carbocycles. The molecule has 0 spiro atoms. The third-order valence-corrected chi connectivity index (χ3v) is 3.45. The molecule has 136 valence electrons. The normalized spacial score (nSPS) is 12.0. The second kappa shape index (κ2) is 7.78. The van der Waals surface area contributed by atoms with Crippen LogP contribution in [0.4, 0.5) is 18.9 Å². The van der Waals surface area contributed by atoms with E-state index in [4.69, 9.17) is 14.7 Å². The Morgan fingerprint density at radius 3 is 2.35 bits per heavy atom. The summed E-state index contributed by atoms with van der Waals surface area (Å²) in [6.45, 7) is 1.48. The summed E-state index contributed by atoms with van der Waals surface area (Å²) in [4.78, 5) is 12.2. The van der Waals surface area contributed by atoms with Gasteiger partial charge in [0.1, 0.15) is 0 Å². The molecule has 0 radical (unpaired) electrons. The Hall–Kier alpha value is -3.21. The van der Waals surface area contributed by atoms with Gasteiger partial charge in [-0.1, -0.05) is 0 Å². The summed E-state index contributed by atoms with van der Waals surface area (Å²) in [5.41, 5.74) is -0.219. The van der Waals surface area contributed by atoms with E-state index in [2.05, 4.69) is 5.32 Å². The third kappa shape index (κ3) is 4.66. The molecule has 0 saturated carbocycles. The van der Waals surface area contributed by atoms with Crippen LogP contribution in [0.1, 0.15) is 18.1 Å². The summed E-state index contributed by atoms with van der Waals surface area (Å²) in [6, 6.07) is 10.5. The van der Waals surface area contributed by atoms with E-state index in [1.165, 1.54) is 32.2 Å². The Bertz CT molecular complexity index is 827. The summed E-state index contributed by atoms with van der Waals surface area (Å²) in [5, 5.41) is 11.3. The quantitative estimate of drug-likeness (QED) is 0.871. The monoisotopic (exact) mass is 364 g/mol. The zero-order valence-electron chi connectivity index (χ0n) is 13.9. The van der Waals surface area contributed by atoms with E-state index in [0.29, 0.717) is 11.3 Å². The topological polar surface area (TPSA) is 71.3 Å². The SMILES string of the molecule is COc1cc(C#N)ccc1O[C@H](C)C(=O)Nc1ccc(C(F)(F)F)cc1. The van der Waals surface area contributed by atoms with Gasteiger partial charge in [0.15, 0.2) is 17.6 Å². The molecule has 5 nitrogen and oxygen atoms in total. The fourth-order valence-corrected chi connectivity index (χ4v) is 2.06. The molecule has 0 heterocycles. The van der Waals surface area contributed by atoms with Crippen LogP contribution >= 0.6 is 0 Å². The van der Waals surface area contributed by atoms with Crippen LogP contribution in [0, 0.1) is 11.3 Å². The van der Waals surface area contributed by atoms with Crippen LogP contribution in [0.3, 0.4) is 0 Å². The Morgan fingerprint density at radius 1 is 1.15 bits per heavy atom. The summed E-state index contributed by atoms with van der Waals surface area (Å²) in [6.07, 6.45) is -5.38. The van der Waals surface area contributed by atoms with Crippen molar-refractivity contribution in [2.75, 3.05) is 12.4 Å². The predicted octanol–water partition coefficient (Wildman–Crippen LogP) is 3.99. The molecule has 2 rings (SSSR count). The van der Waals surface area contributed by atoms with Crippen LogP contribution in [0.15, 0.2) is 42.5 Å². The largest absolute Gasteiger partial charge is 0.493 e. The number of anilines is 1. The van der Waals surface area contributed by atoms with Gasteiger partial charge in [0, 0.05) is 11.8 Å². The third-order valence-electron chi connectivity index (χ3n) is 3.45. The minimum atomic E-state index is -4.44. The number of alkyl halides is 3. The zero-order valence-corrected chi connectivity index (χ0v) is 13.9. The van der Waals surface area contributed by atoms with E-state index < -0.39 is 23.8 Å². The molecular formula is C18H15F3N2O3. The second-order valence-electron chi connectivity index (χ2n) is 5.30. The number of carbonyl (C=O) groups excluding carboxylic acids is 1. The molecule has 0 saturated heterocycles. The van der Waals surface area contributed by atoms with Gasteiger partial charge in [-0.05, 0) is 43.3 Å². The highest BCUT2D eigenvalue weighted by atomic mass is 19.4. The molecule has 1 N–H and O–H groups in total. The minimum Gasteiger partial charge on any atom is -0.493 e. The number of nitrogens with zero attached hydrogens (tertiary/aromatic N) is 1. The number of ether oxygens (including phenoxy) is 2. The lowest BCUT2D eigenvalue weighted by atomic mass is 10.2. The van der Waals surface area contributed by atoms with Crippen LogP contribution in [0.5, 0.6) is 11.5 Å². The lowest BCUT2D eigenvalue weighted by molar-refractivity contribution is -0.137. The number of rotatable bonds is 5. The van der Waals surface area contributed by atoms with Gasteiger partial charge < -0.3 is 14.8 Å². The van der Waals surface area contributed by atoms with Gasteiger partial charge in [-0.25, -0.2) is 0 Å². The maximum absolute atomic E-state index is 12.5. The Kier molecular flexibility index (Phi) is 5.72. The van der Waals surface area contributed by atoms with Crippen molar-refractivity contribution in [2.24, 2.45) is 0 Å². The van der Waals surface area contributed by atoms with Crippen molar-refractivity contribution < 1.29 is 27.4 Å². The van der Waals surface area contributed by atoms with Gasteiger partial charge in [0.05, 0.1) is 24.3 Å². The second-order valence-corrected chi connectivity index (χ2v) is 5.30. The number of nitrogens with one attached hydrogen (secondary N) is 1. The Morgan fingerprint density at radius 2 is 1.81 bits per heavy atom. The maximum Gasteiger partial charge on any atom is 0.416 e. The zero-order chi connectivity index (χ0) is 19.3. The first kappa shape index (κ1) is 19.1. The van der Waals surface area contributed by atoms with Crippen molar-refractivity contribution in [3.8, 4) is 17.6 Å². The van der Waals surface area contributed by atoms with Crippen LogP contribution < -0.4 is 14.8 Å². The van der Waals surface area contributed by atoms with Gasteiger partial charge in [0.25, 0.3) is 5.91 Å². The highest BCUT2D eigenvalue weighted by Gasteiger charge is 2.30. The average Bonchev–Trinajstić information content (AvgIpc) is 2.61. The van der Waals surface area contributed by atoms with E-state index in [1.807, 2.05) is 6.07 Å². The molecule has 0 aliphatic heterocycles. The molecule has 2 aromatic rings. The van der Waals surface area contributed by atoms with Crippen molar-refractivity contribution >= 4 is 11.6 Å². The fourth-order valence-electron chi connectivity index (χ4n) is 2.06. The first-order valence-corrected chi connectivity index (χ1v) is 7.47. The van der Waals surface area contributed by atoms with Crippen LogP contribution in [-0.2, 0) is 11.0 Å². The number of carbonyl (C=O) groups is 1. The lowest BCUT2D eigenvalue weighted by Crippen LogP contribution is -2.30. The Balaban J connectivity index is 2.05. The molecule has 1 amide bonds. The average molecular weight is 364 g/mol. The number of halogens is 3. The molecule has 0 unspecified atom stereocenters. The van der Waals surface area contributed by atoms with Gasteiger partial charge >= 0.3 is 6.18 Å². The molecule has 0 fully saturated rings. The van der Waals surface area contributed by atoms with Gasteiger partial charge in [-0.2, -0.15) is 18.4 Å².